The van der Waals surface area contributed by atoms with E-state index in [0.29, 0.717) is 35.5 Å². The lowest BCUT2D eigenvalue weighted by Crippen LogP contribution is -2.30. The maximum absolute atomic E-state index is 12.9. The molecule has 6 nitrogen and oxygen atoms in total. The molecule has 28 heavy (non-hydrogen) atoms. The number of halogens is 1. The van der Waals surface area contributed by atoms with E-state index in [-0.39, 0.29) is 10.7 Å². The summed E-state index contributed by atoms with van der Waals surface area (Å²) in [5, 5.41) is 8.40. The average Bonchev–Trinajstić information content (AvgIpc) is 3.17. The zero-order valence-electron chi connectivity index (χ0n) is 15.5. The third-order valence-corrected chi connectivity index (χ3v) is 7.08. The molecule has 148 valence electrons. The van der Waals surface area contributed by atoms with Crippen molar-refractivity contribution in [2.24, 2.45) is 0 Å². The van der Waals surface area contributed by atoms with Gasteiger partial charge in [-0.15, -0.1) is 10.2 Å². The van der Waals surface area contributed by atoms with Gasteiger partial charge in [-0.25, -0.2) is 12.8 Å². The van der Waals surface area contributed by atoms with Crippen LogP contribution in [0.4, 0.5) is 4.39 Å². The largest absolute Gasteiger partial charge is 0.411 e. The lowest BCUT2D eigenvalue weighted by molar-refractivity contribution is 0.445. The zero-order valence-corrected chi connectivity index (χ0v) is 17.1. The summed E-state index contributed by atoms with van der Waals surface area (Å²) in [6.07, 6.45) is 0. The summed E-state index contributed by atoms with van der Waals surface area (Å²) in [5.41, 5.74) is 1.58. The lowest BCUT2D eigenvalue weighted by atomic mass is 10.2. The molecule has 0 atom stereocenters. The fourth-order valence-electron chi connectivity index (χ4n) is 2.59. The number of nitrogens with zero attached hydrogens (tertiary/aromatic N) is 3. The molecule has 0 radical (unpaired) electrons. The number of rotatable bonds is 8. The molecule has 1 heterocycles. The molecule has 2 aromatic carbocycles. The number of hydrogen-bond donors (Lipinski definition) is 0. The molecule has 0 aliphatic carbocycles. The third kappa shape index (κ3) is 4.60. The highest BCUT2D eigenvalue weighted by Gasteiger charge is 2.21. The van der Waals surface area contributed by atoms with Crippen molar-refractivity contribution in [2.45, 2.75) is 29.7 Å². The Labute approximate surface area is 167 Å². The average molecular weight is 422 g/mol. The van der Waals surface area contributed by atoms with Gasteiger partial charge >= 0.3 is 0 Å². The van der Waals surface area contributed by atoms with Gasteiger partial charge in [-0.05, 0) is 42.0 Å². The summed E-state index contributed by atoms with van der Waals surface area (Å²) in [5.74, 6) is 0.608. The minimum absolute atomic E-state index is 0.227. The molecule has 0 spiro atoms. The number of sulfonamides is 1. The van der Waals surface area contributed by atoms with Crippen LogP contribution in [0.25, 0.3) is 11.5 Å². The first-order chi connectivity index (χ1) is 13.4. The van der Waals surface area contributed by atoms with Crippen LogP contribution in [-0.2, 0) is 15.8 Å². The van der Waals surface area contributed by atoms with Crippen molar-refractivity contribution >= 4 is 21.8 Å². The monoisotopic (exact) mass is 421 g/mol. The molecular weight excluding hydrogens is 401 g/mol. The van der Waals surface area contributed by atoms with Gasteiger partial charge in [-0.3, -0.25) is 0 Å². The van der Waals surface area contributed by atoms with Gasteiger partial charge in [-0.2, -0.15) is 4.31 Å². The second-order valence-corrected chi connectivity index (χ2v) is 8.77. The van der Waals surface area contributed by atoms with Gasteiger partial charge in [0, 0.05) is 24.4 Å². The van der Waals surface area contributed by atoms with Gasteiger partial charge in [0.1, 0.15) is 5.82 Å². The van der Waals surface area contributed by atoms with Crippen LogP contribution in [0.15, 0.2) is 63.1 Å². The highest BCUT2D eigenvalue weighted by Crippen LogP contribution is 2.27. The Bertz CT molecular complexity index is 1020. The smallest absolute Gasteiger partial charge is 0.277 e. The lowest BCUT2D eigenvalue weighted by Gasteiger charge is -2.18. The number of benzene rings is 2. The molecule has 3 rings (SSSR count). The van der Waals surface area contributed by atoms with E-state index >= 15 is 0 Å². The van der Waals surface area contributed by atoms with Crippen molar-refractivity contribution in [3.63, 3.8) is 0 Å². The first-order valence-corrected chi connectivity index (χ1v) is 11.2. The van der Waals surface area contributed by atoms with Gasteiger partial charge in [0.15, 0.2) is 0 Å². The predicted octanol–water partition coefficient (Wildman–Crippen LogP) is 4.20. The Morgan fingerprint density at radius 1 is 1.00 bits per heavy atom. The molecule has 9 heteroatoms. The van der Waals surface area contributed by atoms with Crippen LogP contribution in [0.3, 0.4) is 0 Å². The summed E-state index contributed by atoms with van der Waals surface area (Å²) in [6, 6.07) is 12.6. The molecule has 0 saturated heterocycles. The number of aromatic nitrogens is 2. The highest BCUT2D eigenvalue weighted by molar-refractivity contribution is 7.98. The molecule has 0 unspecified atom stereocenters. The Hall–Kier alpha value is -2.23. The second kappa shape index (κ2) is 8.85. The van der Waals surface area contributed by atoms with Crippen molar-refractivity contribution in [1.29, 1.82) is 0 Å². The van der Waals surface area contributed by atoms with E-state index in [1.165, 1.54) is 28.2 Å². The van der Waals surface area contributed by atoms with Crippen molar-refractivity contribution in [1.82, 2.24) is 14.5 Å². The normalized spacial score (nSPS) is 11.9. The van der Waals surface area contributed by atoms with Crippen LogP contribution in [-0.4, -0.2) is 36.0 Å². The van der Waals surface area contributed by atoms with Gasteiger partial charge in [-0.1, -0.05) is 37.7 Å². The van der Waals surface area contributed by atoms with Gasteiger partial charge < -0.3 is 4.42 Å². The molecule has 0 saturated carbocycles. The molecule has 0 fully saturated rings. The first-order valence-electron chi connectivity index (χ1n) is 8.75. The molecule has 3 aromatic rings. The van der Waals surface area contributed by atoms with Crippen molar-refractivity contribution in [3.05, 3.63) is 59.9 Å². The van der Waals surface area contributed by atoms with Gasteiger partial charge in [0.05, 0.1) is 4.90 Å². The van der Waals surface area contributed by atoms with E-state index in [4.69, 9.17) is 4.42 Å². The van der Waals surface area contributed by atoms with Gasteiger partial charge in [0.2, 0.25) is 15.9 Å². The van der Waals surface area contributed by atoms with Crippen LogP contribution in [0.2, 0.25) is 0 Å². The third-order valence-electron chi connectivity index (χ3n) is 4.13. The van der Waals surface area contributed by atoms with Crippen LogP contribution < -0.4 is 0 Å². The number of hydrogen-bond acceptors (Lipinski definition) is 6. The molecule has 0 bridgehead atoms. The fourth-order valence-corrected chi connectivity index (χ4v) is 4.77. The van der Waals surface area contributed by atoms with Crippen LogP contribution in [0, 0.1) is 5.82 Å². The minimum atomic E-state index is -3.50. The zero-order chi connectivity index (χ0) is 20.1. The van der Waals surface area contributed by atoms with E-state index in [0.717, 1.165) is 5.56 Å². The Balaban J connectivity index is 1.70. The van der Waals surface area contributed by atoms with Gasteiger partial charge in [0.25, 0.3) is 5.22 Å². The second-order valence-electron chi connectivity index (χ2n) is 5.90. The molecule has 0 aliphatic rings. The number of thioether (sulfide) groups is 1. The predicted molar refractivity (Wildman–Crippen MR) is 106 cm³/mol. The van der Waals surface area contributed by atoms with Crippen molar-refractivity contribution in [2.75, 3.05) is 13.1 Å². The maximum Gasteiger partial charge on any atom is 0.277 e. The Morgan fingerprint density at radius 3 is 2.25 bits per heavy atom. The molecule has 1 aromatic heterocycles. The minimum Gasteiger partial charge on any atom is -0.411 e. The quantitative estimate of drug-likeness (QED) is 0.508. The van der Waals surface area contributed by atoms with Crippen molar-refractivity contribution < 1.29 is 17.2 Å². The van der Waals surface area contributed by atoms with E-state index in [1.54, 1.807) is 50.2 Å². The summed E-state index contributed by atoms with van der Waals surface area (Å²) in [7, 11) is -3.50. The van der Waals surface area contributed by atoms with Crippen molar-refractivity contribution in [3.8, 4) is 11.5 Å². The van der Waals surface area contributed by atoms with E-state index in [1.807, 2.05) is 0 Å². The Morgan fingerprint density at radius 2 is 1.64 bits per heavy atom. The molecule has 0 amide bonds. The Kier molecular flexibility index (Phi) is 6.48. The topological polar surface area (TPSA) is 76.3 Å². The highest BCUT2D eigenvalue weighted by atomic mass is 32.2. The molecule has 0 N–H and O–H groups in total. The summed E-state index contributed by atoms with van der Waals surface area (Å²) in [6.45, 7) is 4.44. The SMILES string of the molecule is CCN(CC)S(=O)(=O)c1ccc(-c2nnc(SCc3ccc(F)cc3)o2)cc1. The first kappa shape index (κ1) is 20.5. The maximum atomic E-state index is 12.9. The van der Waals surface area contributed by atoms with Crippen LogP contribution >= 0.6 is 11.8 Å². The summed E-state index contributed by atoms with van der Waals surface area (Å²) in [4.78, 5) is 0.227. The van der Waals surface area contributed by atoms with Crippen LogP contribution in [0.1, 0.15) is 19.4 Å². The van der Waals surface area contributed by atoms with Crippen LogP contribution in [0.5, 0.6) is 0 Å². The fraction of sp³-hybridized carbons (Fsp3) is 0.263. The standard InChI is InChI=1S/C19H20FN3O3S2/c1-3-23(4-2)28(24,25)17-11-7-15(8-12-17)18-21-22-19(26-18)27-13-14-5-9-16(20)10-6-14/h5-12H,3-4,13H2,1-2H3. The van der Waals surface area contributed by atoms with E-state index in [9.17, 15) is 12.8 Å². The molecule has 0 aliphatic heterocycles. The molecular formula is C19H20FN3O3S2. The summed E-state index contributed by atoms with van der Waals surface area (Å²) >= 11 is 1.35. The van der Waals surface area contributed by atoms with E-state index < -0.39 is 10.0 Å². The summed E-state index contributed by atoms with van der Waals surface area (Å²) < 4.78 is 45.0. The van der Waals surface area contributed by atoms with E-state index in [2.05, 4.69) is 10.2 Å².